The zero-order valence-electron chi connectivity index (χ0n) is 13.2. The molecule has 1 unspecified atom stereocenters. The molecule has 0 fully saturated rings. The summed E-state index contributed by atoms with van der Waals surface area (Å²) >= 11 is 1.61. The lowest BCUT2D eigenvalue weighted by Gasteiger charge is -2.28. The van der Waals surface area contributed by atoms with Gasteiger partial charge >= 0.3 is 0 Å². The van der Waals surface area contributed by atoms with Gasteiger partial charge in [0.1, 0.15) is 5.01 Å². The monoisotopic (exact) mass is 329 g/mol. The Kier molecular flexibility index (Phi) is 4.28. The summed E-state index contributed by atoms with van der Waals surface area (Å²) in [4.78, 5) is 30.4. The number of nitrogens with zero attached hydrogens (tertiary/aromatic N) is 2. The summed E-state index contributed by atoms with van der Waals surface area (Å²) < 4.78 is 0. The number of carbonyl (C=O) groups is 2. The Morgan fingerprint density at radius 2 is 1.87 bits per heavy atom. The fourth-order valence-electron chi connectivity index (χ4n) is 2.73. The maximum Gasteiger partial charge on any atom is 0.261 e. The summed E-state index contributed by atoms with van der Waals surface area (Å²) in [5.74, 6) is -0.417. The normalized spacial score (nSPS) is 16.5. The van der Waals surface area contributed by atoms with Gasteiger partial charge in [0.2, 0.25) is 0 Å². The molecule has 1 N–H and O–H groups in total. The van der Waals surface area contributed by atoms with Gasteiger partial charge in [-0.15, -0.1) is 11.3 Å². The predicted molar refractivity (Wildman–Crippen MR) is 89.6 cm³/mol. The predicted octanol–water partition coefficient (Wildman–Crippen LogP) is 2.65. The molecule has 6 heteroatoms. The van der Waals surface area contributed by atoms with Gasteiger partial charge in [-0.25, -0.2) is 4.98 Å². The van der Waals surface area contributed by atoms with Gasteiger partial charge in [-0.1, -0.05) is 19.1 Å². The van der Waals surface area contributed by atoms with Crippen molar-refractivity contribution in [2.24, 2.45) is 0 Å². The van der Waals surface area contributed by atoms with Gasteiger partial charge in [-0.3, -0.25) is 14.5 Å². The first-order chi connectivity index (χ1) is 11.1. The molecule has 1 aromatic carbocycles. The molecule has 0 radical (unpaired) electrons. The number of hydrogen-bond donors (Lipinski definition) is 1. The highest BCUT2D eigenvalue weighted by Gasteiger charge is 2.35. The number of nitrogens with one attached hydrogen (secondary N) is 1. The number of aromatic nitrogens is 1. The van der Waals surface area contributed by atoms with Crippen LogP contribution in [0.3, 0.4) is 0 Å². The third-order valence-electron chi connectivity index (χ3n) is 4.34. The smallest absolute Gasteiger partial charge is 0.261 e. The highest BCUT2D eigenvalue weighted by molar-refractivity contribution is 7.09. The highest BCUT2D eigenvalue weighted by Crippen LogP contribution is 2.26. The van der Waals surface area contributed by atoms with Gasteiger partial charge in [-0.05, 0) is 25.5 Å². The molecule has 0 saturated carbocycles. The van der Waals surface area contributed by atoms with Crippen molar-refractivity contribution in [1.29, 1.82) is 0 Å². The lowest BCUT2D eigenvalue weighted by atomic mass is 10.00. The fraction of sp³-hybridized carbons (Fsp3) is 0.353. The Labute approximate surface area is 139 Å². The van der Waals surface area contributed by atoms with Crippen molar-refractivity contribution in [2.75, 3.05) is 13.1 Å². The van der Waals surface area contributed by atoms with Crippen LogP contribution in [0.4, 0.5) is 0 Å². The average Bonchev–Trinajstić information content (AvgIpc) is 3.19. The summed E-state index contributed by atoms with van der Waals surface area (Å²) in [5.41, 5.74) is 0.749. The average molecular weight is 329 g/mol. The first-order valence-electron chi connectivity index (χ1n) is 7.67. The van der Waals surface area contributed by atoms with Crippen molar-refractivity contribution in [3.05, 3.63) is 52.0 Å². The maximum atomic E-state index is 12.3. The molecule has 2 aromatic rings. The first kappa shape index (κ1) is 15.8. The minimum Gasteiger partial charge on any atom is -0.304 e. The van der Waals surface area contributed by atoms with Crippen molar-refractivity contribution in [3.63, 3.8) is 0 Å². The number of hydrogen-bond acceptors (Lipinski definition) is 5. The zero-order chi connectivity index (χ0) is 16.4. The molecule has 0 bridgehead atoms. The molecule has 23 heavy (non-hydrogen) atoms. The second-order valence-electron chi connectivity index (χ2n) is 5.76. The minimum absolute atomic E-state index is 0.208. The number of rotatable bonds is 6. The summed E-state index contributed by atoms with van der Waals surface area (Å²) in [7, 11) is 0. The number of benzene rings is 1. The van der Waals surface area contributed by atoms with Gasteiger partial charge in [-0.2, -0.15) is 0 Å². The quantitative estimate of drug-likeness (QED) is 0.828. The molecule has 0 spiro atoms. The van der Waals surface area contributed by atoms with E-state index in [4.69, 9.17) is 0 Å². The Hall–Kier alpha value is -2.05. The zero-order valence-corrected chi connectivity index (χ0v) is 14.0. The molecule has 1 aliphatic heterocycles. The lowest BCUT2D eigenvalue weighted by molar-refractivity contribution is 0.0651. The number of fused-ring (bicyclic) bond motifs is 1. The molecule has 120 valence electrons. The molecule has 2 amide bonds. The van der Waals surface area contributed by atoms with Crippen LogP contribution >= 0.6 is 11.3 Å². The van der Waals surface area contributed by atoms with E-state index in [1.807, 2.05) is 5.38 Å². The highest BCUT2D eigenvalue weighted by atomic mass is 32.1. The second-order valence-corrected chi connectivity index (χ2v) is 6.65. The van der Waals surface area contributed by atoms with E-state index in [1.54, 1.807) is 41.8 Å². The topological polar surface area (TPSA) is 62.3 Å². The van der Waals surface area contributed by atoms with Crippen molar-refractivity contribution < 1.29 is 9.59 Å². The van der Waals surface area contributed by atoms with Gasteiger partial charge in [0.05, 0.1) is 16.7 Å². The van der Waals surface area contributed by atoms with E-state index >= 15 is 0 Å². The summed E-state index contributed by atoms with van der Waals surface area (Å²) in [6.45, 7) is 5.08. The van der Waals surface area contributed by atoms with E-state index in [0.29, 0.717) is 24.2 Å². The molecule has 0 aliphatic carbocycles. The third kappa shape index (κ3) is 2.80. The molecular formula is C17H19N3O2S. The second kappa shape index (κ2) is 6.22. The number of thiazole rings is 1. The Morgan fingerprint density at radius 3 is 2.39 bits per heavy atom. The van der Waals surface area contributed by atoms with Crippen LogP contribution in [0.5, 0.6) is 0 Å². The van der Waals surface area contributed by atoms with Crippen LogP contribution < -0.4 is 5.32 Å². The molecule has 1 aliphatic rings. The van der Waals surface area contributed by atoms with E-state index in [2.05, 4.69) is 24.1 Å². The summed E-state index contributed by atoms with van der Waals surface area (Å²) in [6.07, 6.45) is 2.67. The number of imide groups is 1. The van der Waals surface area contributed by atoms with Crippen molar-refractivity contribution >= 4 is 23.2 Å². The summed E-state index contributed by atoms with van der Waals surface area (Å²) in [6, 6.07) is 6.97. The lowest BCUT2D eigenvalue weighted by Crippen LogP contribution is -2.44. The molecule has 5 nitrogen and oxygen atoms in total. The molecule has 1 aromatic heterocycles. The van der Waals surface area contributed by atoms with E-state index in [1.165, 1.54) is 4.90 Å². The van der Waals surface area contributed by atoms with Gasteiger partial charge in [0.25, 0.3) is 11.8 Å². The van der Waals surface area contributed by atoms with Crippen LogP contribution in [0.1, 0.15) is 46.0 Å². The number of carbonyl (C=O) groups excluding carboxylic acids is 2. The van der Waals surface area contributed by atoms with Gasteiger partial charge in [0.15, 0.2) is 0 Å². The molecule has 3 rings (SSSR count). The van der Waals surface area contributed by atoms with E-state index in [0.717, 1.165) is 11.4 Å². The molecule has 0 saturated heterocycles. The van der Waals surface area contributed by atoms with Crippen molar-refractivity contribution in [1.82, 2.24) is 15.2 Å². The largest absolute Gasteiger partial charge is 0.304 e. The standard InChI is InChI=1S/C17H19N3O2S/c1-3-17(2,16-18-9-11-23-16)19-8-10-20-14(21)12-6-4-5-7-13(12)15(20)22/h4-7,9,11,19H,3,8,10H2,1-2H3. The van der Waals surface area contributed by atoms with E-state index in [-0.39, 0.29) is 17.4 Å². The van der Waals surface area contributed by atoms with Crippen LogP contribution in [0.2, 0.25) is 0 Å². The van der Waals surface area contributed by atoms with Crippen LogP contribution in [-0.2, 0) is 5.54 Å². The minimum atomic E-state index is -0.243. The van der Waals surface area contributed by atoms with Crippen molar-refractivity contribution in [3.8, 4) is 0 Å². The Bertz CT molecular complexity index is 694. The van der Waals surface area contributed by atoms with Gasteiger partial charge < -0.3 is 5.32 Å². The Morgan fingerprint density at radius 1 is 1.22 bits per heavy atom. The van der Waals surface area contributed by atoms with E-state index < -0.39 is 0 Å². The van der Waals surface area contributed by atoms with Crippen molar-refractivity contribution in [2.45, 2.75) is 25.8 Å². The first-order valence-corrected chi connectivity index (χ1v) is 8.55. The summed E-state index contributed by atoms with van der Waals surface area (Å²) in [5, 5.41) is 6.41. The molecule has 1 atom stereocenters. The van der Waals surface area contributed by atoms with Crippen LogP contribution in [-0.4, -0.2) is 34.8 Å². The van der Waals surface area contributed by atoms with Gasteiger partial charge in [0, 0.05) is 24.7 Å². The maximum absolute atomic E-state index is 12.3. The van der Waals surface area contributed by atoms with Crippen LogP contribution in [0, 0.1) is 0 Å². The number of amides is 2. The van der Waals surface area contributed by atoms with Crippen LogP contribution in [0.15, 0.2) is 35.8 Å². The SMILES string of the molecule is CCC(C)(NCCN1C(=O)c2ccccc2C1=O)c1nccs1. The third-order valence-corrected chi connectivity index (χ3v) is 5.38. The molecule has 2 heterocycles. The Balaban J connectivity index is 1.66. The van der Waals surface area contributed by atoms with E-state index in [9.17, 15) is 9.59 Å². The van der Waals surface area contributed by atoms with Crippen LogP contribution in [0.25, 0.3) is 0 Å². The molecular weight excluding hydrogens is 310 g/mol. The fourth-order valence-corrected chi connectivity index (χ4v) is 3.58.